The standard InChI is InChI=1S/C17H22FN5O/c1-17(2,3)14-4-5-15(22-21-14)24-11-12-6-7-23(10-12)16-19-8-13(18)9-20-16/h4-5,8-9,12H,6-7,10-11H2,1-3H3. The fraction of sp³-hybridized carbons (Fsp3) is 0.529. The Morgan fingerprint density at radius 2 is 1.96 bits per heavy atom. The van der Waals surface area contributed by atoms with Crippen LogP contribution in [0.5, 0.6) is 5.88 Å². The maximum atomic E-state index is 12.9. The minimum absolute atomic E-state index is 0.0212. The highest BCUT2D eigenvalue weighted by atomic mass is 19.1. The van der Waals surface area contributed by atoms with Gasteiger partial charge in [-0.25, -0.2) is 14.4 Å². The summed E-state index contributed by atoms with van der Waals surface area (Å²) in [6.45, 7) is 8.50. The summed E-state index contributed by atoms with van der Waals surface area (Å²) in [6.07, 6.45) is 3.37. The number of hydrogen-bond donors (Lipinski definition) is 0. The van der Waals surface area contributed by atoms with Crippen molar-refractivity contribution in [3.63, 3.8) is 0 Å². The third-order valence-electron chi connectivity index (χ3n) is 4.05. The molecule has 1 fully saturated rings. The van der Waals surface area contributed by atoms with E-state index in [1.807, 2.05) is 17.0 Å². The first-order valence-electron chi connectivity index (χ1n) is 8.11. The smallest absolute Gasteiger partial charge is 0.233 e. The van der Waals surface area contributed by atoms with E-state index in [-0.39, 0.29) is 5.41 Å². The summed E-state index contributed by atoms with van der Waals surface area (Å²) in [5, 5.41) is 8.37. The number of hydrogen-bond acceptors (Lipinski definition) is 6. The second-order valence-corrected chi connectivity index (χ2v) is 7.12. The van der Waals surface area contributed by atoms with Gasteiger partial charge in [-0.3, -0.25) is 0 Å². The van der Waals surface area contributed by atoms with Gasteiger partial charge in [-0.15, -0.1) is 5.10 Å². The van der Waals surface area contributed by atoms with Crippen LogP contribution >= 0.6 is 0 Å². The summed E-state index contributed by atoms with van der Waals surface area (Å²) in [4.78, 5) is 10.1. The van der Waals surface area contributed by atoms with Gasteiger partial charge in [-0.2, -0.15) is 5.10 Å². The zero-order valence-electron chi connectivity index (χ0n) is 14.2. The van der Waals surface area contributed by atoms with E-state index in [0.29, 0.717) is 24.4 Å². The van der Waals surface area contributed by atoms with Crippen molar-refractivity contribution >= 4 is 5.95 Å². The lowest BCUT2D eigenvalue weighted by molar-refractivity contribution is 0.249. The Morgan fingerprint density at radius 1 is 1.21 bits per heavy atom. The monoisotopic (exact) mass is 331 g/mol. The molecule has 2 aromatic rings. The average molecular weight is 331 g/mol. The van der Waals surface area contributed by atoms with E-state index in [0.717, 1.165) is 25.2 Å². The first-order chi connectivity index (χ1) is 11.4. The number of halogens is 1. The molecule has 1 aliphatic rings. The average Bonchev–Trinajstić information content (AvgIpc) is 3.02. The molecule has 1 atom stereocenters. The summed E-state index contributed by atoms with van der Waals surface area (Å²) >= 11 is 0. The van der Waals surface area contributed by atoms with Crippen LogP contribution in [0.2, 0.25) is 0 Å². The van der Waals surface area contributed by atoms with Gasteiger partial charge < -0.3 is 9.64 Å². The van der Waals surface area contributed by atoms with Gasteiger partial charge in [0.15, 0.2) is 5.82 Å². The molecule has 7 heteroatoms. The van der Waals surface area contributed by atoms with Gasteiger partial charge in [-0.1, -0.05) is 20.8 Å². The number of nitrogens with zero attached hydrogens (tertiary/aromatic N) is 5. The maximum absolute atomic E-state index is 12.9. The van der Waals surface area contributed by atoms with Crippen LogP contribution < -0.4 is 9.64 Å². The number of aromatic nitrogens is 4. The van der Waals surface area contributed by atoms with E-state index >= 15 is 0 Å². The molecule has 2 aromatic heterocycles. The molecule has 24 heavy (non-hydrogen) atoms. The normalized spacial score (nSPS) is 18.0. The lowest BCUT2D eigenvalue weighted by Crippen LogP contribution is -2.24. The third kappa shape index (κ3) is 3.96. The molecule has 0 aromatic carbocycles. The Kier molecular flexibility index (Phi) is 4.59. The first kappa shape index (κ1) is 16.5. The first-order valence-corrected chi connectivity index (χ1v) is 8.11. The number of ether oxygens (including phenoxy) is 1. The van der Waals surface area contributed by atoms with Gasteiger partial charge in [0.05, 0.1) is 24.7 Å². The van der Waals surface area contributed by atoms with Crippen molar-refractivity contribution in [3.05, 3.63) is 36.0 Å². The minimum atomic E-state index is -0.421. The quantitative estimate of drug-likeness (QED) is 0.858. The zero-order chi connectivity index (χ0) is 17.2. The molecule has 0 amide bonds. The van der Waals surface area contributed by atoms with Crippen molar-refractivity contribution in [2.75, 3.05) is 24.6 Å². The fourth-order valence-corrected chi connectivity index (χ4v) is 2.62. The van der Waals surface area contributed by atoms with Crippen LogP contribution in [0.25, 0.3) is 0 Å². The Balaban J connectivity index is 1.52. The molecule has 0 aliphatic carbocycles. The summed E-state index contributed by atoms with van der Waals surface area (Å²) in [5.74, 6) is 1.05. The van der Waals surface area contributed by atoms with Crippen LogP contribution in [0.15, 0.2) is 24.5 Å². The maximum Gasteiger partial charge on any atom is 0.233 e. The molecule has 0 bridgehead atoms. The Bertz CT molecular complexity index is 669. The Hall–Kier alpha value is -2.31. The highest BCUT2D eigenvalue weighted by molar-refractivity contribution is 5.30. The van der Waals surface area contributed by atoms with Crippen LogP contribution in [0.1, 0.15) is 32.9 Å². The molecule has 3 heterocycles. The van der Waals surface area contributed by atoms with Crippen LogP contribution in [0.4, 0.5) is 10.3 Å². The predicted octanol–water partition coefficient (Wildman–Crippen LogP) is 2.61. The van der Waals surface area contributed by atoms with Gasteiger partial charge in [0.1, 0.15) is 0 Å². The Morgan fingerprint density at radius 3 is 2.58 bits per heavy atom. The lowest BCUT2D eigenvalue weighted by atomic mass is 9.92. The second-order valence-electron chi connectivity index (χ2n) is 7.12. The van der Waals surface area contributed by atoms with E-state index in [1.165, 1.54) is 12.4 Å². The molecule has 3 rings (SSSR count). The summed E-state index contributed by atoms with van der Waals surface area (Å²) in [5.41, 5.74) is 0.919. The van der Waals surface area contributed by atoms with Crippen molar-refractivity contribution in [3.8, 4) is 5.88 Å². The number of anilines is 1. The Labute approximate surface area is 141 Å². The van der Waals surface area contributed by atoms with Crippen molar-refractivity contribution in [1.82, 2.24) is 20.2 Å². The fourth-order valence-electron chi connectivity index (χ4n) is 2.62. The van der Waals surface area contributed by atoms with Crippen LogP contribution in [-0.4, -0.2) is 39.9 Å². The van der Waals surface area contributed by atoms with Crippen LogP contribution in [0.3, 0.4) is 0 Å². The van der Waals surface area contributed by atoms with Gasteiger partial charge >= 0.3 is 0 Å². The van der Waals surface area contributed by atoms with E-state index in [9.17, 15) is 4.39 Å². The summed E-state index contributed by atoms with van der Waals surface area (Å²) in [6, 6.07) is 3.82. The third-order valence-corrected chi connectivity index (χ3v) is 4.05. The molecule has 1 aliphatic heterocycles. The SMILES string of the molecule is CC(C)(C)c1ccc(OCC2CCN(c3ncc(F)cn3)C2)nn1. The van der Waals surface area contributed by atoms with Crippen molar-refractivity contribution in [2.45, 2.75) is 32.6 Å². The molecule has 0 saturated carbocycles. The van der Waals surface area contributed by atoms with E-state index in [1.54, 1.807) is 0 Å². The molecular formula is C17H22FN5O. The summed E-state index contributed by atoms with van der Waals surface area (Å²) in [7, 11) is 0. The van der Waals surface area contributed by atoms with Gasteiger partial charge in [-0.05, 0) is 12.5 Å². The molecule has 0 N–H and O–H groups in total. The van der Waals surface area contributed by atoms with E-state index < -0.39 is 5.82 Å². The summed E-state index contributed by atoms with van der Waals surface area (Å²) < 4.78 is 18.6. The highest BCUT2D eigenvalue weighted by Gasteiger charge is 2.25. The van der Waals surface area contributed by atoms with Crippen molar-refractivity contribution in [2.24, 2.45) is 5.92 Å². The van der Waals surface area contributed by atoms with E-state index in [4.69, 9.17) is 4.74 Å². The molecule has 128 valence electrons. The predicted molar refractivity (Wildman–Crippen MR) is 88.5 cm³/mol. The second kappa shape index (κ2) is 6.67. The zero-order valence-corrected chi connectivity index (χ0v) is 14.2. The van der Waals surface area contributed by atoms with Crippen molar-refractivity contribution < 1.29 is 9.13 Å². The molecule has 1 saturated heterocycles. The molecule has 1 unspecified atom stereocenters. The molecule has 0 spiro atoms. The van der Waals surface area contributed by atoms with Gasteiger partial charge in [0.2, 0.25) is 11.8 Å². The van der Waals surface area contributed by atoms with E-state index in [2.05, 4.69) is 40.9 Å². The van der Waals surface area contributed by atoms with Crippen LogP contribution in [0, 0.1) is 11.7 Å². The molecule has 0 radical (unpaired) electrons. The van der Waals surface area contributed by atoms with Gasteiger partial charge in [0, 0.05) is 30.5 Å². The molecule has 6 nitrogen and oxygen atoms in total. The molecular weight excluding hydrogens is 309 g/mol. The van der Waals surface area contributed by atoms with Crippen LogP contribution in [-0.2, 0) is 5.41 Å². The largest absolute Gasteiger partial charge is 0.476 e. The van der Waals surface area contributed by atoms with Gasteiger partial charge in [0.25, 0.3) is 0 Å². The topological polar surface area (TPSA) is 64.0 Å². The number of rotatable bonds is 4. The highest BCUT2D eigenvalue weighted by Crippen LogP contribution is 2.23. The lowest BCUT2D eigenvalue weighted by Gasteiger charge is -2.17. The minimum Gasteiger partial charge on any atom is -0.476 e. The van der Waals surface area contributed by atoms with Crippen molar-refractivity contribution in [1.29, 1.82) is 0 Å².